The van der Waals surface area contributed by atoms with E-state index in [4.69, 9.17) is 23.2 Å². The molecule has 3 heterocycles. The summed E-state index contributed by atoms with van der Waals surface area (Å²) in [6, 6.07) is 6.61. The number of pyridine rings is 1. The van der Waals surface area contributed by atoms with Crippen LogP contribution in [0.4, 0.5) is 5.69 Å². The zero-order valence-corrected chi connectivity index (χ0v) is 20.0. The monoisotopic (exact) mass is 495 g/mol. The number of hydrogen-bond donors (Lipinski definition) is 1. The SMILES string of the molecule is CC(C)n1ncc2cc(NC(=O)C3CCN(S(=O)(=O)c4c(Cl)cccc4Cl)CC3)cnc21. The summed E-state index contributed by atoms with van der Waals surface area (Å²) in [6.07, 6.45) is 4.13. The molecule has 1 amide bonds. The molecule has 0 aliphatic carbocycles. The Morgan fingerprint density at radius 1 is 1.16 bits per heavy atom. The van der Waals surface area contributed by atoms with E-state index in [1.807, 2.05) is 24.6 Å². The molecule has 32 heavy (non-hydrogen) atoms. The van der Waals surface area contributed by atoms with Crippen LogP contribution in [0.2, 0.25) is 10.0 Å². The highest BCUT2D eigenvalue weighted by molar-refractivity contribution is 7.89. The fourth-order valence-corrected chi connectivity index (χ4v) is 6.41. The van der Waals surface area contributed by atoms with E-state index in [1.54, 1.807) is 18.5 Å². The van der Waals surface area contributed by atoms with Gasteiger partial charge in [0.1, 0.15) is 4.90 Å². The van der Waals surface area contributed by atoms with Crippen LogP contribution in [-0.2, 0) is 14.8 Å². The summed E-state index contributed by atoms with van der Waals surface area (Å²) in [5.74, 6) is -0.465. The maximum Gasteiger partial charge on any atom is 0.246 e. The van der Waals surface area contributed by atoms with E-state index in [-0.39, 0.29) is 45.9 Å². The molecular weight excluding hydrogens is 473 g/mol. The number of rotatable bonds is 5. The van der Waals surface area contributed by atoms with Gasteiger partial charge in [-0.2, -0.15) is 9.40 Å². The zero-order valence-electron chi connectivity index (χ0n) is 17.6. The molecule has 2 aromatic heterocycles. The predicted octanol–water partition coefficient (Wildman–Crippen LogP) is 4.36. The second-order valence-corrected chi connectivity index (χ2v) is 10.7. The Kier molecular flexibility index (Phi) is 6.44. The molecule has 8 nitrogen and oxygen atoms in total. The minimum absolute atomic E-state index is 0.0843. The lowest BCUT2D eigenvalue weighted by atomic mass is 9.97. The molecule has 1 fully saturated rings. The number of piperidine rings is 1. The minimum Gasteiger partial charge on any atom is -0.324 e. The van der Waals surface area contributed by atoms with E-state index in [1.165, 1.54) is 16.4 Å². The van der Waals surface area contributed by atoms with Gasteiger partial charge in [0.05, 0.1) is 28.1 Å². The topological polar surface area (TPSA) is 97.2 Å². The van der Waals surface area contributed by atoms with Crippen molar-refractivity contribution in [1.29, 1.82) is 0 Å². The fourth-order valence-electron chi connectivity index (χ4n) is 3.85. The van der Waals surface area contributed by atoms with Crippen LogP contribution in [0, 0.1) is 5.92 Å². The van der Waals surface area contributed by atoms with E-state index in [9.17, 15) is 13.2 Å². The first-order valence-electron chi connectivity index (χ1n) is 10.3. The first-order chi connectivity index (χ1) is 15.2. The lowest BCUT2D eigenvalue weighted by Gasteiger charge is -2.31. The van der Waals surface area contributed by atoms with Crippen molar-refractivity contribution in [3.05, 3.63) is 46.7 Å². The predicted molar refractivity (Wildman–Crippen MR) is 124 cm³/mol. The molecule has 3 aromatic rings. The van der Waals surface area contributed by atoms with Crippen LogP contribution in [0.3, 0.4) is 0 Å². The molecule has 1 saturated heterocycles. The quantitative estimate of drug-likeness (QED) is 0.566. The van der Waals surface area contributed by atoms with E-state index in [0.29, 0.717) is 18.5 Å². The minimum atomic E-state index is -3.84. The Morgan fingerprint density at radius 3 is 2.44 bits per heavy atom. The molecule has 0 spiro atoms. The first-order valence-corrected chi connectivity index (χ1v) is 12.5. The summed E-state index contributed by atoms with van der Waals surface area (Å²) in [5.41, 5.74) is 1.35. The van der Waals surface area contributed by atoms with E-state index in [0.717, 1.165) is 11.0 Å². The van der Waals surface area contributed by atoms with Crippen LogP contribution in [-0.4, -0.2) is 46.5 Å². The lowest BCUT2D eigenvalue weighted by Crippen LogP contribution is -2.41. The van der Waals surface area contributed by atoms with Crippen LogP contribution >= 0.6 is 23.2 Å². The summed E-state index contributed by atoms with van der Waals surface area (Å²) < 4.78 is 29.2. The lowest BCUT2D eigenvalue weighted by molar-refractivity contribution is -0.120. The number of amides is 1. The molecule has 1 N–H and O–H groups in total. The maximum absolute atomic E-state index is 13.0. The smallest absolute Gasteiger partial charge is 0.246 e. The van der Waals surface area contributed by atoms with E-state index < -0.39 is 10.0 Å². The van der Waals surface area contributed by atoms with Crippen molar-refractivity contribution >= 4 is 55.9 Å². The van der Waals surface area contributed by atoms with Gasteiger partial charge in [-0.05, 0) is 44.9 Å². The van der Waals surface area contributed by atoms with Gasteiger partial charge in [-0.1, -0.05) is 29.3 Å². The fraction of sp³-hybridized carbons (Fsp3) is 0.381. The standard InChI is InChI=1S/C21H23Cl2N5O3S/c1-13(2)28-20-15(11-25-28)10-16(12-24-20)26-21(29)14-6-8-27(9-7-14)32(30,31)19-17(22)4-3-5-18(19)23/h3-5,10-14H,6-9H2,1-2H3,(H,26,29). The Balaban J connectivity index is 1.42. The highest BCUT2D eigenvalue weighted by Gasteiger charge is 2.34. The number of carbonyl (C=O) groups is 1. The van der Waals surface area contributed by atoms with Gasteiger partial charge < -0.3 is 5.32 Å². The third-order valence-corrected chi connectivity index (χ3v) is 8.39. The van der Waals surface area contributed by atoms with Crippen molar-refractivity contribution in [2.75, 3.05) is 18.4 Å². The Morgan fingerprint density at radius 2 is 1.81 bits per heavy atom. The number of nitrogens with zero attached hydrogens (tertiary/aromatic N) is 4. The summed E-state index contributed by atoms with van der Waals surface area (Å²) >= 11 is 12.2. The number of sulfonamides is 1. The van der Waals surface area contributed by atoms with Gasteiger partial charge in [0.2, 0.25) is 15.9 Å². The van der Waals surface area contributed by atoms with Crippen LogP contribution in [0.5, 0.6) is 0 Å². The van der Waals surface area contributed by atoms with Crippen molar-refractivity contribution < 1.29 is 13.2 Å². The van der Waals surface area contributed by atoms with Crippen molar-refractivity contribution in [3.63, 3.8) is 0 Å². The average Bonchev–Trinajstić information content (AvgIpc) is 3.17. The van der Waals surface area contributed by atoms with Gasteiger partial charge in [0.25, 0.3) is 0 Å². The molecular formula is C21H23Cl2N5O3S. The highest BCUT2D eigenvalue weighted by atomic mass is 35.5. The molecule has 0 atom stereocenters. The molecule has 0 unspecified atom stereocenters. The Bertz CT molecular complexity index is 1250. The number of benzene rings is 1. The molecule has 170 valence electrons. The van der Waals surface area contributed by atoms with E-state index >= 15 is 0 Å². The van der Waals surface area contributed by atoms with Gasteiger partial charge in [-0.3, -0.25) is 4.79 Å². The molecule has 0 bridgehead atoms. The van der Waals surface area contributed by atoms with Crippen LogP contribution in [0.1, 0.15) is 32.7 Å². The number of hydrogen-bond acceptors (Lipinski definition) is 5. The summed E-state index contributed by atoms with van der Waals surface area (Å²) in [4.78, 5) is 17.1. The largest absolute Gasteiger partial charge is 0.324 e. The number of anilines is 1. The Hall–Kier alpha value is -2.20. The van der Waals surface area contributed by atoms with Crippen molar-refractivity contribution in [2.45, 2.75) is 37.6 Å². The molecule has 4 rings (SSSR count). The molecule has 1 aliphatic heterocycles. The molecule has 1 aliphatic rings. The molecule has 0 saturated carbocycles. The number of nitrogens with one attached hydrogen (secondary N) is 1. The third kappa shape index (κ3) is 4.34. The van der Waals surface area contributed by atoms with Crippen molar-refractivity contribution in [3.8, 4) is 0 Å². The van der Waals surface area contributed by atoms with Crippen LogP contribution in [0.25, 0.3) is 11.0 Å². The Labute approximate surface area is 196 Å². The molecule has 1 aromatic carbocycles. The summed E-state index contributed by atoms with van der Waals surface area (Å²) in [5, 5.41) is 8.24. The first kappa shape index (κ1) is 23.0. The normalized spacial score (nSPS) is 16.0. The number of fused-ring (bicyclic) bond motifs is 1. The summed E-state index contributed by atoms with van der Waals surface area (Å²) in [7, 11) is -3.84. The van der Waals surface area contributed by atoms with Gasteiger partial charge in [0, 0.05) is 30.4 Å². The molecule has 11 heteroatoms. The van der Waals surface area contributed by atoms with Gasteiger partial charge in [0.15, 0.2) is 5.65 Å². The maximum atomic E-state index is 13.0. The van der Waals surface area contributed by atoms with E-state index in [2.05, 4.69) is 15.4 Å². The second-order valence-electron chi connectivity index (χ2n) is 8.04. The number of aromatic nitrogens is 3. The van der Waals surface area contributed by atoms with Gasteiger partial charge in [-0.15, -0.1) is 0 Å². The van der Waals surface area contributed by atoms with Crippen LogP contribution in [0.15, 0.2) is 41.6 Å². The average molecular weight is 496 g/mol. The zero-order chi connectivity index (χ0) is 23.0. The number of halogens is 2. The third-order valence-electron chi connectivity index (χ3n) is 5.53. The highest BCUT2D eigenvalue weighted by Crippen LogP contribution is 2.33. The van der Waals surface area contributed by atoms with Gasteiger partial charge in [-0.25, -0.2) is 18.1 Å². The van der Waals surface area contributed by atoms with Crippen molar-refractivity contribution in [2.24, 2.45) is 5.92 Å². The second kappa shape index (κ2) is 8.97. The van der Waals surface area contributed by atoms with Gasteiger partial charge >= 0.3 is 0 Å². The molecule has 0 radical (unpaired) electrons. The van der Waals surface area contributed by atoms with Crippen LogP contribution < -0.4 is 5.32 Å². The van der Waals surface area contributed by atoms with Crippen molar-refractivity contribution in [1.82, 2.24) is 19.1 Å². The summed E-state index contributed by atoms with van der Waals surface area (Å²) in [6.45, 7) is 4.47. The number of carbonyl (C=O) groups excluding carboxylic acids is 1.